The normalized spacial score (nSPS) is 11.4. The van der Waals surface area contributed by atoms with Crippen LogP contribution >= 0.6 is 0 Å². The van der Waals surface area contributed by atoms with Crippen LogP contribution in [0.2, 0.25) is 0 Å². The van der Waals surface area contributed by atoms with Crippen molar-refractivity contribution in [1.29, 1.82) is 0 Å². The molecule has 0 unspecified atom stereocenters. The standard InChI is InChI=1S/C21H20N8O4/c1-3-32-16-10-6-14(7-11-16)18-17(24-28-29(18)20-19(22)26-33-27-20)21(31)25-23-12(2)13-4-8-15(30)9-5-13/h4-11,30H,3H2,1-2H3,(H2,22,26)(H,25,31). The molecule has 33 heavy (non-hydrogen) atoms. The van der Waals surface area contributed by atoms with Crippen molar-refractivity contribution in [3.63, 3.8) is 0 Å². The lowest BCUT2D eigenvalue weighted by atomic mass is 10.1. The second kappa shape index (κ2) is 9.18. The van der Waals surface area contributed by atoms with Gasteiger partial charge < -0.3 is 15.6 Å². The molecule has 0 atom stereocenters. The number of hydrogen-bond acceptors (Lipinski definition) is 10. The lowest BCUT2D eigenvalue weighted by molar-refractivity contribution is 0.0950. The number of nitrogens with one attached hydrogen (secondary N) is 1. The molecule has 0 radical (unpaired) electrons. The molecule has 1 amide bonds. The van der Waals surface area contributed by atoms with E-state index in [1.54, 1.807) is 43.3 Å². The molecule has 0 aliphatic carbocycles. The van der Waals surface area contributed by atoms with E-state index in [1.807, 2.05) is 6.92 Å². The SMILES string of the molecule is CCOc1ccc(-c2c(C(=O)NN=C(C)c3ccc(O)cc3)nnn2-c2nonc2N)cc1. The second-order valence-corrected chi connectivity index (χ2v) is 6.81. The molecule has 0 aliphatic rings. The Morgan fingerprint density at radius 1 is 1.18 bits per heavy atom. The Kier molecular flexibility index (Phi) is 5.98. The number of amides is 1. The van der Waals surface area contributed by atoms with Crippen LogP contribution in [0.5, 0.6) is 11.5 Å². The van der Waals surface area contributed by atoms with Crippen LogP contribution in [0.3, 0.4) is 0 Å². The maximum absolute atomic E-state index is 13.0. The highest BCUT2D eigenvalue weighted by atomic mass is 16.6. The Balaban J connectivity index is 1.69. The predicted molar refractivity (Wildman–Crippen MR) is 118 cm³/mol. The summed E-state index contributed by atoms with van der Waals surface area (Å²) >= 11 is 0. The number of hydrogen-bond donors (Lipinski definition) is 3. The van der Waals surface area contributed by atoms with Crippen LogP contribution in [0.15, 0.2) is 58.3 Å². The number of carbonyl (C=O) groups is 1. The molecular weight excluding hydrogens is 428 g/mol. The Bertz CT molecular complexity index is 1290. The van der Waals surface area contributed by atoms with E-state index in [1.165, 1.54) is 16.8 Å². The van der Waals surface area contributed by atoms with Crippen LogP contribution in [0.4, 0.5) is 5.82 Å². The van der Waals surface area contributed by atoms with Crippen molar-refractivity contribution in [3.05, 3.63) is 59.8 Å². The molecule has 0 saturated heterocycles. The zero-order valence-electron chi connectivity index (χ0n) is 17.8. The summed E-state index contributed by atoms with van der Waals surface area (Å²) < 4.78 is 11.4. The van der Waals surface area contributed by atoms with Crippen LogP contribution in [0.1, 0.15) is 29.9 Å². The molecule has 4 rings (SSSR count). The van der Waals surface area contributed by atoms with Gasteiger partial charge in [-0.3, -0.25) is 4.79 Å². The first-order chi connectivity index (χ1) is 16.0. The average molecular weight is 448 g/mol. The summed E-state index contributed by atoms with van der Waals surface area (Å²) in [6.07, 6.45) is 0. The number of phenolic OH excluding ortho intramolecular Hbond substituents is 1. The Labute approximate surface area is 187 Å². The Hall–Kier alpha value is -4.74. The first-order valence-corrected chi connectivity index (χ1v) is 9.89. The maximum Gasteiger partial charge on any atom is 0.294 e. The van der Waals surface area contributed by atoms with E-state index in [2.05, 4.69) is 35.8 Å². The van der Waals surface area contributed by atoms with Crippen molar-refractivity contribution < 1.29 is 19.3 Å². The van der Waals surface area contributed by atoms with Gasteiger partial charge in [-0.1, -0.05) is 5.21 Å². The van der Waals surface area contributed by atoms with E-state index < -0.39 is 5.91 Å². The summed E-state index contributed by atoms with van der Waals surface area (Å²) in [5, 5.41) is 28.9. The number of nitrogens with zero attached hydrogens (tertiary/aromatic N) is 6. The zero-order chi connectivity index (χ0) is 23.4. The van der Waals surface area contributed by atoms with Gasteiger partial charge in [-0.2, -0.15) is 9.78 Å². The number of nitrogen functional groups attached to an aromatic ring is 1. The highest BCUT2D eigenvalue weighted by Gasteiger charge is 2.25. The van der Waals surface area contributed by atoms with Gasteiger partial charge in [-0.05, 0) is 78.3 Å². The molecule has 0 saturated carbocycles. The van der Waals surface area contributed by atoms with Crippen LogP contribution < -0.4 is 15.9 Å². The van der Waals surface area contributed by atoms with E-state index in [0.717, 1.165) is 5.56 Å². The number of rotatable bonds is 7. The number of carbonyl (C=O) groups excluding carboxylic acids is 1. The molecule has 0 spiro atoms. The number of aromatic nitrogens is 5. The third-order valence-corrected chi connectivity index (χ3v) is 4.63. The Morgan fingerprint density at radius 2 is 1.91 bits per heavy atom. The van der Waals surface area contributed by atoms with Crippen LogP contribution in [0, 0.1) is 0 Å². The molecular formula is C21H20N8O4. The average Bonchev–Trinajstić information content (AvgIpc) is 3.44. The van der Waals surface area contributed by atoms with Crippen molar-refractivity contribution in [2.24, 2.45) is 5.10 Å². The Morgan fingerprint density at radius 3 is 2.55 bits per heavy atom. The van der Waals surface area contributed by atoms with Gasteiger partial charge in [0.05, 0.1) is 12.3 Å². The van der Waals surface area contributed by atoms with Crippen molar-refractivity contribution in [1.82, 2.24) is 30.7 Å². The number of ether oxygens (including phenoxy) is 1. The molecule has 0 fully saturated rings. The van der Waals surface area contributed by atoms with E-state index in [0.29, 0.717) is 29.3 Å². The molecule has 0 bridgehead atoms. The smallest absolute Gasteiger partial charge is 0.294 e. The highest BCUT2D eigenvalue weighted by Crippen LogP contribution is 2.28. The van der Waals surface area contributed by atoms with Crippen LogP contribution in [-0.4, -0.2) is 48.6 Å². The number of hydrazone groups is 1. The van der Waals surface area contributed by atoms with E-state index in [9.17, 15) is 9.90 Å². The molecule has 12 heteroatoms. The summed E-state index contributed by atoms with van der Waals surface area (Å²) in [6.45, 7) is 4.13. The molecule has 2 aromatic carbocycles. The third kappa shape index (κ3) is 4.49. The summed E-state index contributed by atoms with van der Waals surface area (Å²) in [4.78, 5) is 13.0. The van der Waals surface area contributed by atoms with E-state index >= 15 is 0 Å². The summed E-state index contributed by atoms with van der Waals surface area (Å²) in [7, 11) is 0. The molecule has 4 aromatic rings. The zero-order valence-corrected chi connectivity index (χ0v) is 17.8. The largest absolute Gasteiger partial charge is 0.508 e. The van der Waals surface area contributed by atoms with Gasteiger partial charge in [-0.15, -0.1) is 5.10 Å². The summed E-state index contributed by atoms with van der Waals surface area (Å²) in [6, 6.07) is 13.5. The van der Waals surface area contributed by atoms with Gasteiger partial charge in [0.25, 0.3) is 5.91 Å². The third-order valence-electron chi connectivity index (χ3n) is 4.63. The maximum atomic E-state index is 13.0. The monoisotopic (exact) mass is 448 g/mol. The van der Waals surface area contributed by atoms with Gasteiger partial charge >= 0.3 is 0 Å². The van der Waals surface area contributed by atoms with Crippen molar-refractivity contribution in [3.8, 4) is 28.6 Å². The highest BCUT2D eigenvalue weighted by molar-refractivity contribution is 6.02. The molecule has 0 aliphatic heterocycles. The minimum atomic E-state index is -0.599. The molecule has 168 valence electrons. The molecule has 2 aromatic heterocycles. The fraction of sp³-hybridized carbons (Fsp3) is 0.143. The molecule has 12 nitrogen and oxygen atoms in total. The van der Waals surface area contributed by atoms with Gasteiger partial charge in [0.15, 0.2) is 5.69 Å². The van der Waals surface area contributed by atoms with Gasteiger partial charge in [-0.25, -0.2) is 10.1 Å². The number of aromatic hydroxyl groups is 1. The van der Waals surface area contributed by atoms with Gasteiger partial charge in [0, 0.05) is 5.56 Å². The predicted octanol–water partition coefficient (Wildman–Crippen LogP) is 2.16. The van der Waals surface area contributed by atoms with E-state index in [4.69, 9.17) is 10.5 Å². The van der Waals surface area contributed by atoms with Crippen molar-refractivity contribution in [2.75, 3.05) is 12.3 Å². The fourth-order valence-corrected chi connectivity index (χ4v) is 3.01. The number of nitrogens with two attached hydrogens (primary N) is 1. The van der Waals surface area contributed by atoms with Crippen molar-refractivity contribution >= 4 is 17.4 Å². The van der Waals surface area contributed by atoms with Crippen LogP contribution in [-0.2, 0) is 0 Å². The minimum absolute atomic E-state index is 0.0104. The fourth-order valence-electron chi connectivity index (χ4n) is 3.01. The first kappa shape index (κ1) is 21.5. The molecule has 4 N–H and O–H groups in total. The topological polar surface area (TPSA) is 167 Å². The second-order valence-electron chi connectivity index (χ2n) is 6.81. The lowest BCUT2D eigenvalue weighted by Gasteiger charge is -2.08. The lowest BCUT2D eigenvalue weighted by Crippen LogP contribution is -2.21. The summed E-state index contributed by atoms with van der Waals surface area (Å²) in [5.41, 5.74) is 10.5. The number of phenols is 1. The van der Waals surface area contributed by atoms with Gasteiger partial charge in [0.2, 0.25) is 11.6 Å². The number of benzene rings is 2. The van der Waals surface area contributed by atoms with Gasteiger partial charge in [0.1, 0.15) is 17.2 Å². The van der Waals surface area contributed by atoms with Crippen molar-refractivity contribution in [2.45, 2.75) is 13.8 Å². The van der Waals surface area contributed by atoms with E-state index in [-0.39, 0.29) is 23.1 Å². The minimum Gasteiger partial charge on any atom is -0.508 e. The van der Waals surface area contributed by atoms with Crippen LogP contribution in [0.25, 0.3) is 17.1 Å². The summed E-state index contributed by atoms with van der Waals surface area (Å²) in [5.74, 6) is 0.282. The number of anilines is 1. The quantitative estimate of drug-likeness (QED) is 0.283. The first-order valence-electron chi connectivity index (χ1n) is 9.89. The molecule has 2 heterocycles.